The second-order valence-corrected chi connectivity index (χ2v) is 4.14. The van der Waals surface area contributed by atoms with Gasteiger partial charge in [-0.25, -0.2) is 4.79 Å². The van der Waals surface area contributed by atoms with Crippen LogP contribution in [0.1, 0.15) is 15.9 Å². The van der Waals surface area contributed by atoms with Crippen molar-refractivity contribution in [2.75, 3.05) is 13.7 Å². The maximum atomic E-state index is 11.8. The van der Waals surface area contributed by atoms with Crippen molar-refractivity contribution in [3.63, 3.8) is 0 Å². The summed E-state index contributed by atoms with van der Waals surface area (Å²) < 4.78 is 4.33. The van der Waals surface area contributed by atoms with E-state index in [4.69, 9.17) is 11.6 Å². The van der Waals surface area contributed by atoms with Crippen LogP contribution in [0.15, 0.2) is 18.2 Å². The van der Waals surface area contributed by atoms with Crippen LogP contribution in [-0.4, -0.2) is 36.7 Å². The quantitative estimate of drug-likeness (QED) is 0.798. The van der Waals surface area contributed by atoms with E-state index < -0.39 is 12.1 Å². The van der Waals surface area contributed by atoms with Gasteiger partial charge in [0, 0.05) is 10.6 Å². The first-order valence-electron chi connectivity index (χ1n) is 5.26. The first-order valence-corrected chi connectivity index (χ1v) is 5.63. The average Bonchev–Trinajstić information content (AvgIpc) is 2.34. The predicted molar refractivity (Wildman–Crippen MR) is 66.5 cm³/mol. The van der Waals surface area contributed by atoms with Gasteiger partial charge in [-0.05, 0) is 30.7 Å². The van der Waals surface area contributed by atoms with Crippen molar-refractivity contribution in [3.05, 3.63) is 34.3 Å². The Morgan fingerprint density at radius 2 is 2.17 bits per heavy atom. The molecule has 0 radical (unpaired) electrons. The molecule has 0 aromatic heterocycles. The zero-order chi connectivity index (χ0) is 13.7. The van der Waals surface area contributed by atoms with Gasteiger partial charge in [0.1, 0.15) is 0 Å². The van der Waals surface area contributed by atoms with E-state index in [2.05, 4.69) is 10.1 Å². The monoisotopic (exact) mass is 271 g/mol. The van der Waals surface area contributed by atoms with Gasteiger partial charge in [-0.1, -0.05) is 11.6 Å². The molecule has 6 heteroatoms. The molecular weight excluding hydrogens is 258 g/mol. The van der Waals surface area contributed by atoms with Gasteiger partial charge >= 0.3 is 5.97 Å². The van der Waals surface area contributed by atoms with Crippen molar-refractivity contribution in [1.82, 2.24) is 5.32 Å². The lowest BCUT2D eigenvalue weighted by molar-refractivity contribution is -0.149. The number of amides is 1. The van der Waals surface area contributed by atoms with Crippen LogP contribution in [0.5, 0.6) is 0 Å². The number of benzene rings is 1. The van der Waals surface area contributed by atoms with Crippen molar-refractivity contribution in [1.29, 1.82) is 0 Å². The fourth-order valence-electron chi connectivity index (χ4n) is 1.39. The Labute approximate surface area is 110 Å². The number of carbonyl (C=O) groups is 2. The number of hydrogen-bond acceptors (Lipinski definition) is 4. The molecule has 0 spiro atoms. The zero-order valence-electron chi connectivity index (χ0n) is 10.1. The number of methoxy groups -OCH3 is 1. The molecule has 0 heterocycles. The molecule has 1 rings (SSSR count). The van der Waals surface area contributed by atoms with Gasteiger partial charge < -0.3 is 15.2 Å². The van der Waals surface area contributed by atoms with Crippen LogP contribution in [0.2, 0.25) is 5.02 Å². The third kappa shape index (κ3) is 3.72. The molecule has 1 aromatic rings. The molecule has 1 aromatic carbocycles. The Kier molecular flexibility index (Phi) is 5.12. The summed E-state index contributed by atoms with van der Waals surface area (Å²) in [5, 5.41) is 12.3. The third-order valence-electron chi connectivity index (χ3n) is 2.36. The fourth-order valence-corrected chi connectivity index (χ4v) is 1.61. The van der Waals surface area contributed by atoms with E-state index in [1.54, 1.807) is 25.1 Å². The Hall–Kier alpha value is -1.59. The molecule has 0 saturated heterocycles. The molecule has 0 aliphatic heterocycles. The number of aliphatic hydroxyl groups excluding tert-OH is 1. The summed E-state index contributed by atoms with van der Waals surface area (Å²) in [5.41, 5.74) is 1.16. The lowest BCUT2D eigenvalue weighted by Crippen LogP contribution is -2.37. The van der Waals surface area contributed by atoms with Gasteiger partial charge in [-0.15, -0.1) is 0 Å². The standard InChI is InChI=1S/C12H14ClNO4/c1-7-5-8(13)3-4-9(7)11(16)14-6-10(15)12(17)18-2/h3-5,10,15H,6H2,1-2H3,(H,14,16). The molecule has 0 aliphatic rings. The summed E-state index contributed by atoms with van der Waals surface area (Å²) in [6.45, 7) is 1.55. The minimum Gasteiger partial charge on any atom is -0.467 e. The maximum absolute atomic E-state index is 11.8. The third-order valence-corrected chi connectivity index (χ3v) is 2.60. The van der Waals surface area contributed by atoms with Crippen LogP contribution in [0.25, 0.3) is 0 Å². The molecule has 98 valence electrons. The van der Waals surface area contributed by atoms with Gasteiger partial charge in [0.15, 0.2) is 6.10 Å². The van der Waals surface area contributed by atoms with Gasteiger partial charge in [0.2, 0.25) is 0 Å². The van der Waals surface area contributed by atoms with Crippen molar-refractivity contribution in [3.8, 4) is 0 Å². The number of rotatable bonds is 4. The summed E-state index contributed by atoms with van der Waals surface area (Å²) in [6, 6.07) is 4.84. The number of carbonyl (C=O) groups excluding carboxylic acids is 2. The van der Waals surface area contributed by atoms with Gasteiger partial charge in [0.05, 0.1) is 13.7 Å². The molecule has 1 atom stereocenters. The number of halogens is 1. The second-order valence-electron chi connectivity index (χ2n) is 3.71. The minimum atomic E-state index is -1.37. The second kappa shape index (κ2) is 6.37. The highest BCUT2D eigenvalue weighted by atomic mass is 35.5. The Balaban J connectivity index is 2.63. The largest absolute Gasteiger partial charge is 0.467 e. The summed E-state index contributed by atoms with van der Waals surface area (Å²) in [4.78, 5) is 22.7. The Morgan fingerprint density at radius 1 is 1.50 bits per heavy atom. The van der Waals surface area contributed by atoms with Gasteiger partial charge in [-0.3, -0.25) is 4.79 Å². The average molecular weight is 272 g/mol. The number of ether oxygens (including phenoxy) is 1. The molecule has 0 bridgehead atoms. The minimum absolute atomic E-state index is 0.201. The van der Waals surface area contributed by atoms with E-state index in [1.807, 2.05) is 0 Å². The van der Waals surface area contributed by atoms with Crippen molar-refractivity contribution < 1.29 is 19.4 Å². The van der Waals surface area contributed by atoms with E-state index in [9.17, 15) is 14.7 Å². The van der Waals surface area contributed by atoms with E-state index in [0.717, 1.165) is 7.11 Å². The summed E-state index contributed by atoms with van der Waals surface area (Å²) >= 11 is 5.78. The number of esters is 1. The van der Waals surface area contributed by atoms with Crippen LogP contribution < -0.4 is 5.32 Å². The van der Waals surface area contributed by atoms with Gasteiger partial charge in [0.25, 0.3) is 5.91 Å². The molecule has 1 unspecified atom stereocenters. The maximum Gasteiger partial charge on any atom is 0.336 e. The fraction of sp³-hybridized carbons (Fsp3) is 0.333. The summed E-state index contributed by atoms with van der Waals surface area (Å²) in [5.74, 6) is -1.17. The van der Waals surface area contributed by atoms with Crippen molar-refractivity contribution >= 4 is 23.5 Å². The van der Waals surface area contributed by atoms with E-state index in [-0.39, 0.29) is 12.5 Å². The number of aryl methyl sites for hydroxylation is 1. The SMILES string of the molecule is COC(=O)C(O)CNC(=O)c1ccc(Cl)cc1C. The Bertz CT molecular complexity index is 461. The van der Waals surface area contributed by atoms with Crippen LogP contribution in [0.3, 0.4) is 0 Å². The van der Waals surface area contributed by atoms with Crippen molar-refractivity contribution in [2.24, 2.45) is 0 Å². The van der Waals surface area contributed by atoms with Gasteiger partial charge in [-0.2, -0.15) is 0 Å². The highest BCUT2D eigenvalue weighted by molar-refractivity contribution is 6.30. The first-order chi connectivity index (χ1) is 8.45. The van der Waals surface area contributed by atoms with Crippen LogP contribution >= 0.6 is 11.6 Å². The molecule has 5 nitrogen and oxygen atoms in total. The molecule has 0 aliphatic carbocycles. The number of aliphatic hydroxyl groups is 1. The lowest BCUT2D eigenvalue weighted by Gasteiger charge is -2.11. The van der Waals surface area contributed by atoms with Crippen molar-refractivity contribution in [2.45, 2.75) is 13.0 Å². The lowest BCUT2D eigenvalue weighted by atomic mass is 10.1. The number of nitrogens with one attached hydrogen (secondary N) is 1. The topological polar surface area (TPSA) is 75.6 Å². The zero-order valence-corrected chi connectivity index (χ0v) is 10.8. The molecule has 18 heavy (non-hydrogen) atoms. The molecule has 0 saturated carbocycles. The highest BCUT2D eigenvalue weighted by Gasteiger charge is 2.17. The highest BCUT2D eigenvalue weighted by Crippen LogP contribution is 2.14. The molecular formula is C12H14ClNO4. The van der Waals surface area contributed by atoms with E-state index in [1.165, 1.54) is 0 Å². The van der Waals surface area contributed by atoms with Crippen LogP contribution in [0, 0.1) is 6.92 Å². The molecule has 0 fully saturated rings. The van der Waals surface area contributed by atoms with E-state index >= 15 is 0 Å². The molecule has 1 amide bonds. The summed E-state index contributed by atoms with van der Waals surface area (Å²) in [6.07, 6.45) is -1.37. The smallest absolute Gasteiger partial charge is 0.336 e. The first kappa shape index (κ1) is 14.5. The predicted octanol–water partition coefficient (Wildman–Crippen LogP) is 0.912. The summed E-state index contributed by atoms with van der Waals surface area (Å²) in [7, 11) is 1.16. The van der Waals surface area contributed by atoms with Crippen LogP contribution in [-0.2, 0) is 9.53 Å². The van der Waals surface area contributed by atoms with Crippen LogP contribution in [0.4, 0.5) is 0 Å². The Morgan fingerprint density at radius 3 is 2.72 bits per heavy atom. The molecule has 2 N–H and O–H groups in total. The number of hydrogen-bond donors (Lipinski definition) is 2. The van der Waals surface area contributed by atoms with E-state index in [0.29, 0.717) is 16.1 Å². The normalized spacial score (nSPS) is 11.8.